The van der Waals surface area contributed by atoms with Crippen LogP contribution in [0.15, 0.2) is 0 Å². The van der Waals surface area contributed by atoms with Crippen LogP contribution in [-0.2, 0) is 17.1 Å². The SMILES string of the molecule is O.O[Si](O)(O)O.[AlH3].[CaH2].[Fe].[MgH2].[NaH]. The van der Waals surface area contributed by atoms with Gasteiger partial charge in [-0.15, -0.1) is 0 Å². The zero-order chi connectivity index (χ0) is 4.50. The molecule has 0 amide bonds. The molecule has 0 aliphatic rings. The standard InChI is InChI=1S/Al.Ca.Fe.Mg.Na.H4O4Si.H2O.8H/c;;;;;1-5(2,3)4;;;;;;;;;/h;;;;;1-4H;1H2;;;;;;;;. The minimum atomic E-state index is -4.61. The van der Waals surface area contributed by atoms with Crippen LogP contribution >= 0.6 is 0 Å². The summed E-state index contributed by atoms with van der Waals surface area (Å²) in [5.41, 5.74) is 0. The Morgan fingerprint density at radius 1 is 0.909 bits per heavy atom. The van der Waals surface area contributed by atoms with Crippen LogP contribution < -0.4 is 0 Å². The fraction of sp³-hybridized carbons (Fsp3) is 0. The second kappa shape index (κ2) is 23.7. The van der Waals surface area contributed by atoms with Gasteiger partial charge >= 0.3 is 99.4 Å². The predicted molar refractivity (Wildman–Crippen MR) is 52.4 cm³/mol. The van der Waals surface area contributed by atoms with Crippen molar-refractivity contribution in [1.29, 1.82) is 0 Å². The van der Waals surface area contributed by atoms with Crippen molar-refractivity contribution in [2.24, 2.45) is 0 Å². The Balaban J connectivity index is -0.00000000533. The molecule has 0 spiro atoms. The summed E-state index contributed by atoms with van der Waals surface area (Å²) in [7, 11) is -4.61. The van der Waals surface area contributed by atoms with E-state index in [9.17, 15) is 0 Å². The Morgan fingerprint density at radius 3 is 0.909 bits per heavy atom. The van der Waals surface area contributed by atoms with Crippen LogP contribution in [0, 0.1) is 0 Å². The van der Waals surface area contributed by atoms with Gasteiger partial charge in [-0.05, 0) is 0 Å². The van der Waals surface area contributed by atoms with Crippen molar-refractivity contribution in [1.82, 2.24) is 0 Å². The molecule has 64 valence electrons. The number of hydrogen-bond acceptors (Lipinski definition) is 4. The molecule has 0 bridgehead atoms. The molecule has 0 unspecified atom stereocenters. The molecule has 5 nitrogen and oxygen atoms in total. The van der Waals surface area contributed by atoms with Crippen LogP contribution in [0.5, 0.6) is 0 Å². The third-order valence-electron chi connectivity index (χ3n) is 0. The Labute approximate surface area is 155 Å². The minimum absolute atomic E-state index is 0. The van der Waals surface area contributed by atoms with E-state index in [4.69, 9.17) is 19.2 Å². The average molecular weight is 292 g/mol. The van der Waals surface area contributed by atoms with E-state index >= 15 is 0 Å². The molecule has 0 aromatic heterocycles. The molecular formula is H14AlCaFeMgNaO5Si. The fourth-order valence-corrected chi connectivity index (χ4v) is 0. The molecule has 6 N–H and O–H groups in total. The third-order valence-corrected chi connectivity index (χ3v) is 0. The quantitative estimate of drug-likeness (QED) is 0.332. The first-order valence-electron chi connectivity index (χ1n) is 0.894. The van der Waals surface area contributed by atoms with Crippen LogP contribution in [0.4, 0.5) is 0 Å². The van der Waals surface area contributed by atoms with E-state index in [-0.39, 0.29) is 130 Å². The van der Waals surface area contributed by atoms with Crippen molar-refractivity contribution in [3.63, 3.8) is 0 Å². The maximum absolute atomic E-state index is 7.33. The molecule has 0 saturated carbocycles. The van der Waals surface area contributed by atoms with Gasteiger partial charge in [0.15, 0.2) is 17.4 Å². The zero-order valence-electron chi connectivity index (χ0n) is 3.14. The van der Waals surface area contributed by atoms with E-state index in [2.05, 4.69) is 0 Å². The summed E-state index contributed by atoms with van der Waals surface area (Å²) >= 11 is 0. The molecule has 0 aliphatic carbocycles. The van der Waals surface area contributed by atoms with Crippen LogP contribution in [0.3, 0.4) is 0 Å². The summed E-state index contributed by atoms with van der Waals surface area (Å²) in [5.74, 6) is 0. The van der Waals surface area contributed by atoms with Gasteiger partial charge in [-0.3, -0.25) is 0 Å². The summed E-state index contributed by atoms with van der Waals surface area (Å²) in [6.07, 6.45) is 0. The van der Waals surface area contributed by atoms with Gasteiger partial charge < -0.3 is 24.7 Å². The van der Waals surface area contributed by atoms with Gasteiger partial charge in [-0.2, -0.15) is 0 Å². The van der Waals surface area contributed by atoms with Crippen LogP contribution in [0.25, 0.3) is 0 Å². The summed E-state index contributed by atoms with van der Waals surface area (Å²) in [6.45, 7) is 0. The van der Waals surface area contributed by atoms with E-state index in [1.165, 1.54) is 0 Å². The van der Waals surface area contributed by atoms with Crippen LogP contribution in [-0.4, -0.2) is 141 Å². The topological polar surface area (TPSA) is 112 Å². The molecule has 0 aromatic rings. The molecule has 0 heterocycles. The third kappa shape index (κ3) is 123. The van der Waals surface area contributed by atoms with Crippen molar-refractivity contribution in [2.45, 2.75) is 0 Å². The molecule has 11 heavy (non-hydrogen) atoms. The Bertz CT molecular complexity index is 42.0. The summed E-state index contributed by atoms with van der Waals surface area (Å²) < 4.78 is 0. The first-order valence-corrected chi connectivity index (χ1v) is 2.68. The Morgan fingerprint density at radius 2 is 0.909 bits per heavy atom. The maximum atomic E-state index is 7.33. The molecule has 0 radical (unpaired) electrons. The van der Waals surface area contributed by atoms with Crippen LogP contribution in [0.2, 0.25) is 0 Å². The molecule has 0 fully saturated rings. The average Bonchev–Trinajstić information content (AvgIpc) is 0.722. The van der Waals surface area contributed by atoms with Gasteiger partial charge in [0.1, 0.15) is 0 Å². The van der Waals surface area contributed by atoms with Gasteiger partial charge in [0.2, 0.25) is 0 Å². The molecule has 11 heteroatoms. The van der Waals surface area contributed by atoms with E-state index < -0.39 is 9.05 Å². The van der Waals surface area contributed by atoms with Crippen LogP contribution in [0.1, 0.15) is 0 Å². The second-order valence-electron chi connectivity index (χ2n) is 0.600. The summed E-state index contributed by atoms with van der Waals surface area (Å²) in [5, 5.41) is 0. The van der Waals surface area contributed by atoms with Gasteiger partial charge in [0.05, 0.1) is 0 Å². The van der Waals surface area contributed by atoms with E-state index in [1.54, 1.807) is 0 Å². The molecule has 0 aromatic carbocycles. The van der Waals surface area contributed by atoms with E-state index in [1.807, 2.05) is 0 Å². The normalized spacial score (nSPS) is 5.45. The van der Waals surface area contributed by atoms with Crippen molar-refractivity contribution >= 4 is 117 Å². The molecule has 0 saturated heterocycles. The van der Waals surface area contributed by atoms with Gasteiger partial charge in [0, 0.05) is 17.1 Å². The summed E-state index contributed by atoms with van der Waals surface area (Å²) in [6, 6.07) is 0. The number of hydrogen-bond donors (Lipinski definition) is 4. The predicted octanol–water partition coefficient (Wildman–Crippen LogP) is -7.10. The number of rotatable bonds is 0. The monoisotopic (exact) mass is 292 g/mol. The van der Waals surface area contributed by atoms with Crippen molar-refractivity contribution < 1.29 is 41.7 Å². The molecule has 0 rings (SSSR count). The molecular weight excluding hydrogens is 278 g/mol. The zero-order valence-corrected chi connectivity index (χ0v) is 5.25. The van der Waals surface area contributed by atoms with Crippen molar-refractivity contribution in [3.8, 4) is 0 Å². The fourth-order valence-electron chi connectivity index (χ4n) is 0. The van der Waals surface area contributed by atoms with Gasteiger partial charge in [0.25, 0.3) is 0 Å². The van der Waals surface area contributed by atoms with Gasteiger partial charge in [-0.25, -0.2) is 0 Å². The molecule has 0 atom stereocenters. The first kappa shape index (κ1) is 45.8. The second-order valence-corrected chi connectivity index (χ2v) is 1.80. The summed E-state index contributed by atoms with van der Waals surface area (Å²) in [4.78, 5) is 29.3. The van der Waals surface area contributed by atoms with Gasteiger partial charge in [-0.1, -0.05) is 0 Å². The van der Waals surface area contributed by atoms with E-state index in [0.717, 1.165) is 0 Å². The Kier molecular flexibility index (Phi) is 98.7. The van der Waals surface area contributed by atoms with Crippen molar-refractivity contribution in [3.05, 3.63) is 0 Å². The van der Waals surface area contributed by atoms with Crippen molar-refractivity contribution in [2.75, 3.05) is 0 Å². The molecule has 0 aliphatic heterocycles. The first-order chi connectivity index (χ1) is 2.00. The Hall–Kier alpha value is 4.09. The van der Waals surface area contributed by atoms with E-state index in [0.29, 0.717) is 0 Å².